The first-order valence-corrected chi connectivity index (χ1v) is 9.28. The van der Waals surface area contributed by atoms with Crippen LogP contribution in [0.2, 0.25) is 0 Å². The summed E-state index contributed by atoms with van der Waals surface area (Å²) in [5, 5.41) is 0.550. The molecule has 6 nitrogen and oxygen atoms in total. The van der Waals surface area contributed by atoms with Crippen LogP contribution in [0.3, 0.4) is 0 Å². The van der Waals surface area contributed by atoms with E-state index in [2.05, 4.69) is 19.1 Å². The fourth-order valence-electron chi connectivity index (χ4n) is 3.94. The number of piperidine rings is 1. The van der Waals surface area contributed by atoms with Gasteiger partial charge in [-0.3, -0.25) is 4.79 Å². The molecule has 3 N–H and O–H groups in total. The Morgan fingerprint density at radius 2 is 2.04 bits per heavy atom. The first-order valence-electron chi connectivity index (χ1n) is 9.28. The Kier molecular flexibility index (Phi) is 5.44. The molecule has 0 spiro atoms. The van der Waals surface area contributed by atoms with Crippen LogP contribution in [0, 0.1) is 6.92 Å². The molecule has 2 aromatic rings. The third kappa shape index (κ3) is 3.66. The summed E-state index contributed by atoms with van der Waals surface area (Å²) in [6, 6.07) is 5.68. The van der Waals surface area contributed by atoms with Crippen molar-refractivity contribution in [3.8, 4) is 0 Å². The number of hydrogen-bond donors (Lipinski definition) is 3. The Morgan fingerprint density at radius 3 is 2.69 bits per heavy atom. The highest BCUT2D eigenvalue weighted by molar-refractivity contribution is 5.94. The van der Waals surface area contributed by atoms with Gasteiger partial charge in [0.05, 0.1) is 51.5 Å². The number of hydrogen-bond acceptors (Lipinski definition) is 3. The quantitative estimate of drug-likeness (QED) is 0.634. The first kappa shape index (κ1) is 18.6. The molecule has 1 fully saturated rings. The summed E-state index contributed by atoms with van der Waals surface area (Å²) < 4.78 is 4.77. The number of rotatable bonds is 4. The van der Waals surface area contributed by atoms with Gasteiger partial charge in [-0.15, -0.1) is 0 Å². The lowest BCUT2D eigenvalue weighted by Crippen LogP contribution is -3.17. The second-order valence-corrected chi connectivity index (χ2v) is 7.56. The summed E-state index contributed by atoms with van der Waals surface area (Å²) in [6.45, 7) is 5.04. The van der Waals surface area contributed by atoms with Gasteiger partial charge in [-0.1, -0.05) is 0 Å². The maximum Gasteiger partial charge on any atom is 0.337 e. The number of carbonyl (C=O) groups excluding carboxylic acids is 1. The minimum atomic E-state index is -0.426. The molecule has 1 aliphatic heterocycles. The van der Waals surface area contributed by atoms with Crippen LogP contribution >= 0.6 is 0 Å². The number of nitrogens with one attached hydrogen (secondary N) is 3. The number of methoxy groups -OCH3 is 1. The van der Waals surface area contributed by atoms with E-state index in [-0.39, 0.29) is 5.43 Å². The Morgan fingerprint density at radius 1 is 1.35 bits per heavy atom. The molecule has 26 heavy (non-hydrogen) atoms. The molecule has 3 rings (SSSR count). The van der Waals surface area contributed by atoms with Gasteiger partial charge in [0.1, 0.15) is 6.54 Å². The number of esters is 1. The molecule has 0 aliphatic carbocycles. The fourth-order valence-corrected chi connectivity index (χ4v) is 3.94. The topological polar surface area (TPSA) is 68.0 Å². The maximum absolute atomic E-state index is 13.1. The van der Waals surface area contributed by atoms with Crippen LogP contribution in [0.4, 0.5) is 0 Å². The number of fused-ring (bicyclic) bond motifs is 1. The van der Waals surface area contributed by atoms with Crippen LogP contribution in [-0.4, -0.2) is 51.3 Å². The molecular formula is C20H29N3O3+2. The van der Waals surface area contributed by atoms with E-state index in [4.69, 9.17) is 4.74 Å². The van der Waals surface area contributed by atoms with E-state index in [0.29, 0.717) is 23.5 Å². The molecule has 0 amide bonds. The summed E-state index contributed by atoms with van der Waals surface area (Å²) in [4.78, 5) is 31.2. The lowest BCUT2D eigenvalue weighted by atomic mass is 10.0. The van der Waals surface area contributed by atoms with Gasteiger partial charge >= 0.3 is 5.97 Å². The molecule has 1 saturated heterocycles. The molecule has 0 radical (unpaired) electrons. The number of likely N-dealkylation sites (tertiary alicyclic amines) is 1. The largest absolute Gasteiger partial charge is 0.465 e. The van der Waals surface area contributed by atoms with Crippen molar-refractivity contribution in [1.82, 2.24) is 4.98 Å². The molecule has 1 aliphatic rings. The van der Waals surface area contributed by atoms with Crippen molar-refractivity contribution in [2.75, 3.05) is 34.3 Å². The minimum Gasteiger partial charge on any atom is -0.465 e. The Bertz CT molecular complexity index is 866. The molecule has 0 saturated carbocycles. The van der Waals surface area contributed by atoms with Crippen molar-refractivity contribution in [1.29, 1.82) is 0 Å². The number of aromatic nitrogens is 1. The van der Waals surface area contributed by atoms with E-state index < -0.39 is 5.97 Å². The smallest absolute Gasteiger partial charge is 0.337 e. The average molecular weight is 359 g/mol. The summed E-state index contributed by atoms with van der Waals surface area (Å²) in [7, 11) is 5.76. The number of quaternary nitrogens is 2. The standard InChI is InChI=1S/C20H27N3O3/c1-13-17(12-23(3)15-7-9-22(2)10-8-15)19(24)16-11-14(20(25)26-4)5-6-18(16)21-13/h5-6,11,15H,7-10,12H2,1-4H3,(H,21,24)/p+2. The predicted octanol–water partition coefficient (Wildman–Crippen LogP) is -0.685. The zero-order valence-electron chi connectivity index (χ0n) is 16.1. The SMILES string of the molecule is COC(=O)c1ccc2[nH]c(C)c(C[NH+](C)C3CC[NH+](C)CC3)c(=O)c2c1. The van der Waals surface area contributed by atoms with Crippen molar-refractivity contribution in [2.24, 2.45) is 0 Å². The number of H-pyrrole nitrogens is 1. The number of aromatic amines is 1. The van der Waals surface area contributed by atoms with Crippen LogP contribution in [0.25, 0.3) is 10.9 Å². The Labute approximate surface area is 153 Å². The number of benzene rings is 1. The van der Waals surface area contributed by atoms with Gasteiger partial charge in [0.2, 0.25) is 0 Å². The fraction of sp³-hybridized carbons (Fsp3) is 0.500. The monoisotopic (exact) mass is 359 g/mol. The molecule has 1 atom stereocenters. The lowest BCUT2D eigenvalue weighted by Gasteiger charge is -2.30. The zero-order valence-corrected chi connectivity index (χ0v) is 16.1. The molecule has 6 heteroatoms. The van der Waals surface area contributed by atoms with E-state index in [1.807, 2.05) is 6.92 Å². The number of aryl methyl sites for hydroxylation is 1. The first-order chi connectivity index (χ1) is 12.4. The highest BCUT2D eigenvalue weighted by Crippen LogP contribution is 2.14. The van der Waals surface area contributed by atoms with Gasteiger partial charge in [0, 0.05) is 29.4 Å². The van der Waals surface area contributed by atoms with Crippen LogP contribution in [0.5, 0.6) is 0 Å². The van der Waals surface area contributed by atoms with Crippen LogP contribution in [0.1, 0.15) is 34.5 Å². The zero-order chi connectivity index (χ0) is 18.8. The molecule has 1 unspecified atom stereocenters. The van der Waals surface area contributed by atoms with Crippen LogP contribution in [0.15, 0.2) is 23.0 Å². The second kappa shape index (κ2) is 7.60. The average Bonchev–Trinajstić information content (AvgIpc) is 2.64. The van der Waals surface area contributed by atoms with E-state index in [9.17, 15) is 9.59 Å². The predicted molar refractivity (Wildman–Crippen MR) is 101 cm³/mol. The second-order valence-electron chi connectivity index (χ2n) is 7.56. The van der Waals surface area contributed by atoms with E-state index in [1.54, 1.807) is 23.1 Å². The third-order valence-corrected chi connectivity index (χ3v) is 5.73. The van der Waals surface area contributed by atoms with Gasteiger partial charge in [-0.05, 0) is 25.1 Å². The number of pyridine rings is 1. The molecular weight excluding hydrogens is 330 g/mol. The van der Waals surface area contributed by atoms with Crippen molar-refractivity contribution >= 4 is 16.9 Å². The summed E-state index contributed by atoms with van der Waals surface area (Å²) in [5.74, 6) is -0.426. The summed E-state index contributed by atoms with van der Waals surface area (Å²) >= 11 is 0. The summed E-state index contributed by atoms with van der Waals surface area (Å²) in [6.07, 6.45) is 2.38. The molecule has 1 aromatic carbocycles. The maximum atomic E-state index is 13.1. The lowest BCUT2D eigenvalue weighted by molar-refractivity contribution is -0.948. The van der Waals surface area contributed by atoms with Gasteiger partial charge < -0.3 is 19.5 Å². The minimum absolute atomic E-state index is 0.0138. The van der Waals surface area contributed by atoms with Gasteiger partial charge in [0.15, 0.2) is 5.43 Å². The highest BCUT2D eigenvalue weighted by Gasteiger charge is 2.27. The summed E-state index contributed by atoms with van der Waals surface area (Å²) in [5.41, 5.74) is 2.89. The normalized spacial score (nSPS) is 21.5. The Hall–Kier alpha value is -2.18. The van der Waals surface area contributed by atoms with Crippen molar-refractivity contribution in [2.45, 2.75) is 32.4 Å². The third-order valence-electron chi connectivity index (χ3n) is 5.73. The number of carbonyl (C=O) groups is 1. The van der Waals surface area contributed by atoms with E-state index in [0.717, 1.165) is 16.8 Å². The Balaban J connectivity index is 1.92. The van der Waals surface area contributed by atoms with Crippen molar-refractivity contribution in [3.63, 3.8) is 0 Å². The highest BCUT2D eigenvalue weighted by atomic mass is 16.5. The molecule has 1 aromatic heterocycles. The van der Waals surface area contributed by atoms with Crippen molar-refractivity contribution in [3.05, 3.63) is 45.2 Å². The van der Waals surface area contributed by atoms with Crippen LogP contribution in [-0.2, 0) is 11.3 Å². The van der Waals surface area contributed by atoms with Gasteiger partial charge in [-0.25, -0.2) is 4.79 Å². The van der Waals surface area contributed by atoms with Gasteiger partial charge in [-0.2, -0.15) is 0 Å². The molecule has 0 bridgehead atoms. The number of ether oxygens (including phenoxy) is 1. The van der Waals surface area contributed by atoms with Crippen molar-refractivity contribution < 1.29 is 19.3 Å². The van der Waals surface area contributed by atoms with E-state index in [1.165, 1.54) is 37.9 Å². The van der Waals surface area contributed by atoms with Gasteiger partial charge in [0.25, 0.3) is 0 Å². The van der Waals surface area contributed by atoms with E-state index >= 15 is 0 Å². The molecule has 2 heterocycles. The molecule has 140 valence electrons. The van der Waals surface area contributed by atoms with Crippen LogP contribution < -0.4 is 15.2 Å².